The minimum atomic E-state index is -5.25. The van der Waals surface area contributed by atoms with Crippen molar-refractivity contribution in [1.29, 1.82) is 0 Å². The van der Waals surface area contributed by atoms with Crippen LogP contribution in [0.4, 0.5) is 22.0 Å². The van der Waals surface area contributed by atoms with E-state index in [-0.39, 0.29) is 12.3 Å². The van der Waals surface area contributed by atoms with E-state index in [1.54, 1.807) is 0 Å². The molecule has 0 atom stereocenters. The molecule has 0 spiro atoms. The summed E-state index contributed by atoms with van der Waals surface area (Å²) >= 11 is 0. The van der Waals surface area contributed by atoms with E-state index in [9.17, 15) is 31.5 Å². The Bertz CT molecular complexity index is 567. The lowest BCUT2D eigenvalue weighted by atomic mass is 10.2. The lowest BCUT2D eigenvalue weighted by molar-refractivity contribution is -0.275. The predicted molar refractivity (Wildman–Crippen MR) is 59.0 cm³/mol. The highest BCUT2D eigenvalue weighted by Gasteiger charge is 2.34. The maximum absolute atomic E-state index is 12.6. The molecule has 10 heteroatoms. The van der Waals surface area contributed by atoms with Crippen LogP contribution in [0.5, 0.6) is 5.75 Å². The van der Waals surface area contributed by atoms with Crippen molar-refractivity contribution >= 4 is 5.97 Å². The number of aromatic amines is 1. The number of hydrogen-bond acceptors (Lipinski definition) is 4. The molecule has 1 aromatic heterocycles. The quantitative estimate of drug-likeness (QED) is 0.669. The summed E-state index contributed by atoms with van der Waals surface area (Å²) in [7, 11) is 0. The zero-order valence-electron chi connectivity index (χ0n) is 10.6. The SMILES string of the molecule is CCOC(=O)Cc1cc(OC(F)(F)F)c(C(F)F)c(=O)[nH]1. The number of H-pyrrole nitrogens is 1. The molecule has 5 nitrogen and oxygen atoms in total. The van der Waals surface area contributed by atoms with Crippen LogP contribution < -0.4 is 10.3 Å². The second-order valence-corrected chi connectivity index (χ2v) is 3.73. The summed E-state index contributed by atoms with van der Waals surface area (Å²) in [6, 6.07) is 0.521. The fourth-order valence-corrected chi connectivity index (χ4v) is 1.48. The first-order valence-corrected chi connectivity index (χ1v) is 5.59. The summed E-state index contributed by atoms with van der Waals surface area (Å²) in [5.41, 5.74) is -3.26. The first-order valence-electron chi connectivity index (χ1n) is 5.59. The zero-order chi connectivity index (χ0) is 16.2. The van der Waals surface area contributed by atoms with E-state index in [4.69, 9.17) is 0 Å². The largest absolute Gasteiger partial charge is 0.573 e. The first-order chi connectivity index (χ1) is 9.64. The van der Waals surface area contributed by atoms with Gasteiger partial charge in [-0.25, -0.2) is 8.78 Å². The molecule has 1 N–H and O–H groups in total. The zero-order valence-corrected chi connectivity index (χ0v) is 10.6. The highest BCUT2D eigenvalue weighted by molar-refractivity contribution is 5.72. The van der Waals surface area contributed by atoms with Crippen LogP contribution >= 0.6 is 0 Å². The van der Waals surface area contributed by atoms with E-state index in [1.165, 1.54) is 6.92 Å². The molecule has 0 aliphatic heterocycles. The third-order valence-corrected chi connectivity index (χ3v) is 2.17. The van der Waals surface area contributed by atoms with Gasteiger partial charge in [-0.3, -0.25) is 9.59 Å². The van der Waals surface area contributed by atoms with Crippen LogP contribution in [-0.2, 0) is 16.0 Å². The molecule has 1 aromatic rings. The number of nitrogens with one attached hydrogen (secondary N) is 1. The summed E-state index contributed by atoms with van der Waals surface area (Å²) in [6.07, 6.45) is -9.30. The van der Waals surface area contributed by atoms with Crippen molar-refractivity contribution < 1.29 is 36.2 Å². The molecule has 21 heavy (non-hydrogen) atoms. The summed E-state index contributed by atoms with van der Waals surface area (Å²) in [4.78, 5) is 24.5. The maximum atomic E-state index is 12.6. The summed E-state index contributed by atoms with van der Waals surface area (Å²) in [5, 5.41) is 0. The van der Waals surface area contributed by atoms with Crippen molar-refractivity contribution in [3.05, 3.63) is 27.7 Å². The van der Waals surface area contributed by atoms with Gasteiger partial charge >= 0.3 is 12.3 Å². The van der Waals surface area contributed by atoms with E-state index >= 15 is 0 Å². The average molecular weight is 315 g/mol. The molecule has 0 unspecified atom stereocenters. The molecule has 0 fully saturated rings. The molecule has 0 amide bonds. The van der Waals surface area contributed by atoms with Gasteiger partial charge in [0.05, 0.1) is 13.0 Å². The van der Waals surface area contributed by atoms with E-state index in [0.29, 0.717) is 6.07 Å². The van der Waals surface area contributed by atoms with E-state index < -0.39 is 42.1 Å². The van der Waals surface area contributed by atoms with Gasteiger partial charge in [-0.15, -0.1) is 13.2 Å². The van der Waals surface area contributed by atoms with Crippen LogP contribution in [0.15, 0.2) is 10.9 Å². The number of hydrogen-bond donors (Lipinski definition) is 1. The molecule has 0 radical (unpaired) electrons. The van der Waals surface area contributed by atoms with Gasteiger partial charge in [-0.2, -0.15) is 0 Å². The van der Waals surface area contributed by atoms with E-state index in [2.05, 4.69) is 9.47 Å². The monoisotopic (exact) mass is 315 g/mol. The number of pyridine rings is 1. The second kappa shape index (κ2) is 6.55. The molecule has 1 rings (SSSR count). The molecule has 0 aliphatic carbocycles. The van der Waals surface area contributed by atoms with Gasteiger partial charge in [0, 0.05) is 11.8 Å². The molecule has 0 saturated carbocycles. The third-order valence-electron chi connectivity index (χ3n) is 2.17. The Balaban J connectivity index is 3.21. The van der Waals surface area contributed by atoms with Crippen molar-refractivity contribution in [1.82, 2.24) is 4.98 Å². The molecule has 1 heterocycles. The number of alkyl halides is 5. The van der Waals surface area contributed by atoms with Crippen LogP contribution in [0.1, 0.15) is 24.6 Å². The number of ether oxygens (including phenoxy) is 2. The van der Waals surface area contributed by atoms with Crippen molar-refractivity contribution in [3.63, 3.8) is 0 Å². The van der Waals surface area contributed by atoms with Gasteiger partial charge in [-0.05, 0) is 6.92 Å². The van der Waals surface area contributed by atoms with Crippen molar-refractivity contribution in [2.45, 2.75) is 26.1 Å². The van der Waals surface area contributed by atoms with E-state index in [0.717, 1.165) is 0 Å². The van der Waals surface area contributed by atoms with Crippen LogP contribution in [0.2, 0.25) is 0 Å². The Morgan fingerprint density at radius 3 is 2.48 bits per heavy atom. The van der Waals surface area contributed by atoms with Gasteiger partial charge < -0.3 is 14.5 Å². The van der Waals surface area contributed by atoms with Gasteiger partial charge in [0.15, 0.2) is 0 Å². The topological polar surface area (TPSA) is 68.4 Å². The summed E-state index contributed by atoms with van der Waals surface area (Å²) < 4.78 is 69.7. The summed E-state index contributed by atoms with van der Waals surface area (Å²) in [6.45, 7) is 1.52. The fourth-order valence-electron chi connectivity index (χ4n) is 1.48. The number of rotatable bonds is 5. The minimum Gasteiger partial charge on any atom is -0.466 e. The van der Waals surface area contributed by atoms with E-state index in [1.807, 2.05) is 4.98 Å². The highest BCUT2D eigenvalue weighted by Crippen LogP contribution is 2.30. The predicted octanol–water partition coefficient (Wildman–Crippen LogP) is 2.32. The average Bonchev–Trinajstić information content (AvgIpc) is 2.24. The maximum Gasteiger partial charge on any atom is 0.573 e. The van der Waals surface area contributed by atoms with Crippen LogP contribution in [0.3, 0.4) is 0 Å². The minimum absolute atomic E-state index is 0.0179. The smallest absolute Gasteiger partial charge is 0.466 e. The molecule has 0 aliphatic rings. The van der Waals surface area contributed by atoms with Crippen LogP contribution in [0, 0.1) is 0 Å². The van der Waals surface area contributed by atoms with Gasteiger partial charge in [0.2, 0.25) is 0 Å². The standard InChI is InChI=1S/C11H10F5NO4/c1-2-20-7(18)4-5-3-6(21-11(14,15)16)8(9(12)13)10(19)17-5/h3,9H,2,4H2,1H3,(H,17,19). The normalized spacial score (nSPS) is 11.6. The molecule has 0 aromatic carbocycles. The Morgan fingerprint density at radius 2 is 2.00 bits per heavy atom. The lowest BCUT2D eigenvalue weighted by Gasteiger charge is -2.13. The second-order valence-electron chi connectivity index (χ2n) is 3.73. The Kier molecular flexibility index (Phi) is 5.28. The van der Waals surface area contributed by atoms with Gasteiger partial charge in [0.1, 0.15) is 11.3 Å². The lowest BCUT2D eigenvalue weighted by Crippen LogP contribution is -2.24. The first kappa shape index (κ1) is 16.9. The van der Waals surface area contributed by atoms with Crippen LogP contribution in [-0.4, -0.2) is 23.9 Å². The molecular weight excluding hydrogens is 305 g/mol. The molecule has 0 bridgehead atoms. The van der Waals surface area contributed by atoms with Gasteiger partial charge in [-0.1, -0.05) is 0 Å². The molecule has 118 valence electrons. The molecule has 0 saturated heterocycles. The fraction of sp³-hybridized carbons (Fsp3) is 0.455. The van der Waals surface area contributed by atoms with Crippen molar-refractivity contribution in [2.24, 2.45) is 0 Å². The number of carbonyl (C=O) groups is 1. The number of carbonyl (C=O) groups excluding carboxylic acids is 1. The van der Waals surface area contributed by atoms with Crippen molar-refractivity contribution in [3.8, 4) is 5.75 Å². The Hall–Kier alpha value is -2.13. The highest BCUT2D eigenvalue weighted by atomic mass is 19.4. The number of aromatic nitrogens is 1. The Morgan fingerprint density at radius 1 is 1.38 bits per heavy atom. The third kappa shape index (κ3) is 5.04. The summed E-state index contributed by atoms with van der Waals surface area (Å²) in [5.74, 6) is -2.18. The Labute approximate surface area is 114 Å². The number of esters is 1. The molecular formula is C11H10F5NO4. The van der Waals surface area contributed by atoms with Crippen molar-refractivity contribution in [2.75, 3.05) is 6.61 Å². The number of halogens is 5. The van der Waals surface area contributed by atoms with Gasteiger partial charge in [0.25, 0.3) is 12.0 Å². The van der Waals surface area contributed by atoms with Crippen LogP contribution in [0.25, 0.3) is 0 Å².